The van der Waals surface area contributed by atoms with E-state index in [1.54, 1.807) is 0 Å². The highest BCUT2D eigenvalue weighted by molar-refractivity contribution is 6.23. The van der Waals surface area contributed by atoms with Crippen LogP contribution in [0.15, 0.2) is 42.5 Å². The number of carbonyl (C=O) groups excluding carboxylic acids is 2. The number of nitro benzene ring substituents is 1. The van der Waals surface area contributed by atoms with Gasteiger partial charge in [-0.2, -0.15) is 0 Å². The molecule has 0 aliphatic carbocycles. The van der Waals surface area contributed by atoms with Crippen molar-refractivity contribution in [3.8, 4) is 0 Å². The molecule has 128 valence electrons. The van der Waals surface area contributed by atoms with Gasteiger partial charge in [-0.25, -0.2) is 0 Å². The Hall–Kier alpha value is -3.02. The van der Waals surface area contributed by atoms with Crippen molar-refractivity contribution in [1.82, 2.24) is 4.90 Å². The van der Waals surface area contributed by atoms with Crippen LogP contribution >= 0.6 is 0 Å². The predicted octanol–water partition coefficient (Wildman–Crippen LogP) is 3.69. The summed E-state index contributed by atoms with van der Waals surface area (Å²) < 4.78 is 0. The molecule has 2 amide bonds. The molecule has 25 heavy (non-hydrogen) atoms. The molecule has 2 aromatic carbocycles. The first-order chi connectivity index (χ1) is 11.7. The molecular formula is C19H18N2O4. The standard InChI is InChI=1S/C19H18N2O4/c1-19(2,3)13-9-7-12(8-10-13)11-20-17(22)14-5-4-6-15(21(24)25)16(14)18(20)23/h4-10H,11H2,1-3H3. The second-order valence-electron chi connectivity index (χ2n) is 7.10. The number of carbonyl (C=O) groups is 2. The van der Waals surface area contributed by atoms with E-state index in [0.717, 1.165) is 16.0 Å². The molecule has 2 aromatic rings. The van der Waals surface area contributed by atoms with Crippen molar-refractivity contribution >= 4 is 17.5 Å². The number of hydrogen-bond donors (Lipinski definition) is 0. The lowest BCUT2D eigenvalue weighted by Gasteiger charge is -2.20. The number of benzene rings is 2. The molecule has 0 N–H and O–H groups in total. The van der Waals surface area contributed by atoms with E-state index in [0.29, 0.717) is 0 Å². The quantitative estimate of drug-likeness (QED) is 0.485. The van der Waals surface area contributed by atoms with Crippen molar-refractivity contribution in [3.63, 3.8) is 0 Å². The van der Waals surface area contributed by atoms with Crippen LogP contribution < -0.4 is 0 Å². The lowest BCUT2D eigenvalue weighted by Crippen LogP contribution is -2.29. The highest BCUT2D eigenvalue weighted by Crippen LogP contribution is 2.32. The lowest BCUT2D eigenvalue weighted by atomic mass is 9.87. The minimum Gasteiger partial charge on any atom is -0.270 e. The number of fused-ring (bicyclic) bond motifs is 1. The Kier molecular flexibility index (Phi) is 3.91. The largest absolute Gasteiger partial charge is 0.282 e. The third kappa shape index (κ3) is 2.91. The van der Waals surface area contributed by atoms with Gasteiger partial charge in [0, 0.05) is 6.07 Å². The number of rotatable bonds is 3. The number of imide groups is 1. The molecule has 1 aliphatic rings. The molecule has 0 bridgehead atoms. The Morgan fingerprint density at radius 2 is 1.64 bits per heavy atom. The second kappa shape index (κ2) is 5.81. The number of hydrogen-bond acceptors (Lipinski definition) is 4. The van der Waals surface area contributed by atoms with Crippen LogP contribution in [-0.4, -0.2) is 21.6 Å². The minimum absolute atomic E-state index is 0.00859. The molecule has 0 spiro atoms. The normalized spacial score (nSPS) is 14.0. The number of nitrogens with zero attached hydrogens (tertiary/aromatic N) is 2. The summed E-state index contributed by atoms with van der Waals surface area (Å²) in [4.78, 5) is 36.6. The van der Waals surface area contributed by atoms with Crippen LogP contribution in [0.3, 0.4) is 0 Å². The maximum Gasteiger partial charge on any atom is 0.282 e. The summed E-state index contributed by atoms with van der Waals surface area (Å²) in [6.45, 7) is 6.40. The Labute approximate surface area is 145 Å². The molecule has 0 atom stereocenters. The van der Waals surface area contributed by atoms with E-state index in [9.17, 15) is 19.7 Å². The van der Waals surface area contributed by atoms with Gasteiger partial charge in [-0.3, -0.25) is 24.6 Å². The zero-order valence-electron chi connectivity index (χ0n) is 14.3. The van der Waals surface area contributed by atoms with Gasteiger partial charge in [0.05, 0.1) is 17.0 Å². The zero-order valence-corrected chi connectivity index (χ0v) is 14.3. The monoisotopic (exact) mass is 338 g/mol. The first kappa shape index (κ1) is 16.8. The fourth-order valence-electron chi connectivity index (χ4n) is 2.90. The molecule has 0 radical (unpaired) electrons. The summed E-state index contributed by atoms with van der Waals surface area (Å²) in [5.41, 5.74) is 1.59. The number of nitro groups is 1. The van der Waals surface area contributed by atoms with Crippen LogP contribution in [0.4, 0.5) is 5.69 Å². The van der Waals surface area contributed by atoms with Gasteiger partial charge >= 0.3 is 0 Å². The molecule has 0 saturated carbocycles. The SMILES string of the molecule is CC(C)(C)c1ccc(CN2C(=O)c3cccc([N+](=O)[O-])c3C2=O)cc1. The van der Waals surface area contributed by atoms with E-state index in [1.807, 2.05) is 24.3 Å². The van der Waals surface area contributed by atoms with E-state index in [2.05, 4.69) is 20.8 Å². The average Bonchev–Trinajstić information content (AvgIpc) is 2.79. The predicted molar refractivity (Wildman–Crippen MR) is 92.4 cm³/mol. The third-order valence-electron chi connectivity index (χ3n) is 4.33. The van der Waals surface area contributed by atoms with Crippen LogP contribution in [0.5, 0.6) is 0 Å². The summed E-state index contributed by atoms with van der Waals surface area (Å²) in [7, 11) is 0. The van der Waals surface area contributed by atoms with Crippen molar-refractivity contribution in [2.24, 2.45) is 0 Å². The van der Waals surface area contributed by atoms with Gasteiger partial charge in [-0.15, -0.1) is 0 Å². The van der Waals surface area contributed by atoms with E-state index >= 15 is 0 Å². The van der Waals surface area contributed by atoms with Crippen LogP contribution in [0, 0.1) is 10.1 Å². The summed E-state index contributed by atoms with van der Waals surface area (Å²) in [6, 6.07) is 11.8. The summed E-state index contributed by atoms with van der Waals surface area (Å²) in [5.74, 6) is -1.12. The maximum absolute atomic E-state index is 12.6. The summed E-state index contributed by atoms with van der Waals surface area (Å²) in [5, 5.41) is 11.1. The Morgan fingerprint density at radius 3 is 2.20 bits per heavy atom. The first-order valence-electron chi connectivity index (χ1n) is 7.93. The van der Waals surface area contributed by atoms with E-state index in [4.69, 9.17) is 0 Å². The molecule has 0 aromatic heterocycles. The topological polar surface area (TPSA) is 80.5 Å². The third-order valence-corrected chi connectivity index (χ3v) is 4.33. The molecule has 1 heterocycles. The molecule has 0 fully saturated rings. The van der Waals surface area contributed by atoms with Crippen molar-refractivity contribution in [2.45, 2.75) is 32.7 Å². The minimum atomic E-state index is -0.633. The smallest absolute Gasteiger partial charge is 0.270 e. The highest BCUT2D eigenvalue weighted by Gasteiger charge is 2.40. The van der Waals surface area contributed by atoms with Gasteiger partial charge in [-0.1, -0.05) is 51.1 Å². The molecule has 1 aliphatic heterocycles. The second-order valence-corrected chi connectivity index (χ2v) is 7.10. The lowest BCUT2D eigenvalue weighted by molar-refractivity contribution is -0.385. The Balaban J connectivity index is 1.90. The molecule has 0 unspecified atom stereocenters. The van der Waals surface area contributed by atoms with Crippen LogP contribution in [0.2, 0.25) is 0 Å². The van der Waals surface area contributed by atoms with E-state index in [-0.39, 0.29) is 28.8 Å². The van der Waals surface area contributed by atoms with Gasteiger partial charge in [0.15, 0.2) is 0 Å². The summed E-state index contributed by atoms with van der Waals surface area (Å²) >= 11 is 0. The number of amides is 2. The molecular weight excluding hydrogens is 320 g/mol. The van der Waals surface area contributed by atoms with Crippen LogP contribution in [-0.2, 0) is 12.0 Å². The van der Waals surface area contributed by atoms with Crippen molar-refractivity contribution in [1.29, 1.82) is 0 Å². The molecule has 0 saturated heterocycles. The van der Waals surface area contributed by atoms with Crippen LogP contribution in [0.1, 0.15) is 52.6 Å². The fourth-order valence-corrected chi connectivity index (χ4v) is 2.90. The average molecular weight is 338 g/mol. The summed E-state index contributed by atoms with van der Waals surface area (Å²) in [6.07, 6.45) is 0. The van der Waals surface area contributed by atoms with Gasteiger partial charge in [-0.05, 0) is 22.6 Å². The zero-order chi connectivity index (χ0) is 18.4. The van der Waals surface area contributed by atoms with Gasteiger partial charge in [0.1, 0.15) is 5.56 Å². The molecule has 3 rings (SSSR count). The van der Waals surface area contributed by atoms with Gasteiger partial charge in [0.2, 0.25) is 0 Å². The van der Waals surface area contributed by atoms with Crippen molar-refractivity contribution < 1.29 is 14.5 Å². The van der Waals surface area contributed by atoms with Gasteiger partial charge in [0.25, 0.3) is 17.5 Å². The highest BCUT2D eigenvalue weighted by atomic mass is 16.6. The Bertz CT molecular complexity index is 879. The van der Waals surface area contributed by atoms with Crippen LogP contribution in [0.25, 0.3) is 0 Å². The fraction of sp³-hybridized carbons (Fsp3) is 0.263. The molecule has 6 heteroatoms. The Morgan fingerprint density at radius 1 is 1.00 bits per heavy atom. The van der Waals surface area contributed by atoms with E-state index < -0.39 is 16.7 Å². The first-order valence-corrected chi connectivity index (χ1v) is 7.93. The van der Waals surface area contributed by atoms with Crippen molar-refractivity contribution in [3.05, 3.63) is 74.8 Å². The van der Waals surface area contributed by atoms with Crippen molar-refractivity contribution in [2.75, 3.05) is 0 Å². The van der Waals surface area contributed by atoms with E-state index in [1.165, 1.54) is 18.2 Å². The van der Waals surface area contributed by atoms with Gasteiger partial charge < -0.3 is 0 Å². The maximum atomic E-state index is 12.6. The molecule has 6 nitrogen and oxygen atoms in total.